The molecule has 9 heteroatoms. The Morgan fingerprint density at radius 3 is 2.31 bits per heavy atom. The summed E-state index contributed by atoms with van der Waals surface area (Å²) in [7, 11) is 0. The number of carboxylic acids is 1. The molecule has 9 nitrogen and oxygen atoms in total. The van der Waals surface area contributed by atoms with E-state index in [-0.39, 0.29) is 36.4 Å². The van der Waals surface area contributed by atoms with E-state index in [0.717, 1.165) is 22.3 Å². The summed E-state index contributed by atoms with van der Waals surface area (Å²) in [5.41, 5.74) is 4.45. The van der Waals surface area contributed by atoms with E-state index in [2.05, 4.69) is 27.9 Å². The first-order chi connectivity index (χ1) is 16.9. The Morgan fingerprint density at radius 1 is 1.09 bits per heavy atom. The second kappa shape index (κ2) is 10.4. The van der Waals surface area contributed by atoms with Gasteiger partial charge in [-0.1, -0.05) is 74.0 Å². The van der Waals surface area contributed by atoms with Crippen molar-refractivity contribution in [2.75, 3.05) is 6.61 Å². The number of aromatic nitrogens is 1. The molecule has 2 amide bonds. The third-order valence-corrected chi connectivity index (χ3v) is 6.31. The fourth-order valence-electron chi connectivity index (χ4n) is 4.21. The van der Waals surface area contributed by atoms with Crippen molar-refractivity contribution in [3.05, 3.63) is 77.2 Å². The fourth-order valence-corrected chi connectivity index (χ4v) is 4.21. The lowest BCUT2D eigenvalue weighted by Gasteiger charge is -2.19. The summed E-state index contributed by atoms with van der Waals surface area (Å²) in [5, 5.41) is 18.1. The summed E-state index contributed by atoms with van der Waals surface area (Å²) in [6.07, 6.45) is -0.0391. The minimum atomic E-state index is -1.12. The van der Waals surface area contributed by atoms with Crippen molar-refractivity contribution >= 4 is 18.0 Å². The number of nitrogens with one attached hydrogen (secondary N) is 2. The molecule has 0 radical (unpaired) electrons. The van der Waals surface area contributed by atoms with Crippen molar-refractivity contribution in [2.24, 2.45) is 5.92 Å². The average molecular weight is 478 g/mol. The largest absolute Gasteiger partial charge is 0.480 e. The Morgan fingerprint density at radius 2 is 1.71 bits per heavy atom. The highest BCUT2D eigenvalue weighted by atomic mass is 16.5. The molecule has 4 rings (SSSR count). The zero-order valence-electron chi connectivity index (χ0n) is 19.5. The number of amides is 2. The van der Waals surface area contributed by atoms with Crippen LogP contribution >= 0.6 is 0 Å². The van der Waals surface area contributed by atoms with Crippen LogP contribution in [0, 0.1) is 5.92 Å². The second-order valence-corrected chi connectivity index (χ2v) is 8.53. The topological polar surface area (TPSA) is 131 Å². The Balaban J connectivity index is 1.31. The first-order valence-corrected chi connectivity index (χ1v) is 11.5. The van der Waals surface area contributed by atoms with Gasteiger partial charge in [0, 0.05) is 12.0 Å². The lowest BCUT2D eigenvalue weighted by molar-refractivity contribution is -0.140. The number of ether oxygens (including phenoxy) is 1. The molecule has 0 fully saturated rings. The van der Waals surface area contributed by atoms with E-state index >= 15 is 0 Å². The van der Waals surface area contributed by atoms with Gasteiger partial charge in [0.1, 0.15) is 12.6 Å². The fraction of sp³-hybridized carbons (Fsp3) is 0.308. The van der Waals surface area contributed by atoms with Crippen molar-refractivity contribution in [3.63, 3.8) is 0 Å². The number of rotatable bonds is 9. The molecular formula is C26H27N3O6. The van der Waals surface area contributed by atoms with Crippen LogP contribution in [0.4, 0.5) is 4.79 Å². The van der Waals surface area contributed by atoms with E-state index in [1.807, 2.05) is 43.3 Å². The predicted molar refractivity (Wildman–Crippen MR) is 127 cm³/mol. The minimum absolute atomic E-state index is 0.0370. The summed E-state index contributed by atoms with van der Waals surface area (Å²) < 4.78 is 10.6. The van der Waals surface area contributed by atoms with Crippen LogP contribution in [0.25, 0.3) is 11.1 Å². The van der Waals surface area contributed by atoms with Gasteiger partial charge in [-0.3, -0.25) is 4.79 Å². The zero-order valence-corrected chi connectivity index (χ0v) is 19.5. The Bertz CT molecular complexity index is 1190. The second-order valence-electron chi connectivity index (χ2n) is 8.53. The normalized spacial score (nSPS) is 13.9. The van der Waals surface area contributed by atoms with Gasteiger partial charge < -0.3 is 25.0 Å². The molecule has 3 N–H and O–H groups in total. The van der Waals surface area contributed by atoms with Crippen LogP contribution in [0.3, 0.4) is 0 Å². The highest BCUT2D eigenvalue weighted by Crippen LogP contribution is 2.44. The maximum atomic E-state index is 12.4. The van der Waals surface area contributed by atoms with E-state index in [9.17, 15) is 19.5 Å². The molecule has 2 atom stereocenters. The van der Waals surface area contributed by atoms with E-state index in [1.165, 1.54) is 6.07 Å². The third-order valence-electron chi connectivity index (χ3n) is 6.31. The summed E-state index contributed by atoms with van der Waals surface area (Å²) in [4.78, 5) is 36.1. The summed E-state index contributed by atoms with van der Waals surface area (Å²) in [5.74, 6) is -1.85. The summed E-state index contributed by atoms with van der Waals surface area (Å²) >= 11 is 0. The van der Waals surface area contributed by atoms with Crippen molar-refractivity contribution in [1.29, 1.82) is 0 Å². The molecule has 1 aromatic heterocycles. The first kappa shape index (κ1) is 24.0. The predicted octanol–water partition coefficient (Wildman–Crippen LogP) is 3.94. The van der Waals surface area contributed by atoms with Crippen LogP contribution in [-0.4, -0.2) is 40.9 Å². The van der Waals surface area contributed by atoms with Crippen LogP contribution in [0.2, 0.25) is 0 Å². The van der Waals surface area contributed by atoms with Crippen LogP contribution in [0.1, 0.15) is 53.6 Å². The molecule has 1 aliphatic carbocycles. The maximum Gasteiger partial charge on any atom is 0.407 e. The number of alkyl carbamates (subject to hydrolysis) is 1. The van der Waals surface area contributed by atoms with Crippen LogP contribution in [0.15, 0.2) is 59.1 Å². The van der Waals surface area contributed by atoms with E-state index in [0.29, 0.717) is 6.42 Å². The number of carbonyl (C=O) groups is 3. The van der Waals surface area contributed by atoms with Crippen molar-refractivity contribution in [1.82, 2.24) is 15.8 Å². The first-order valence-electron chi connectivity index (χ1n) is 11.5. The molecule has 0 saturated heterocycles. The molecule has 0 spiro atoms. The number of benzene rings is 2. The molecule has 0 bridgehead atoms. The Kier molecular flexibility index (Phi) is 7.14. The minimum Gasteiger partial charge on any atom is -0.480 e. The average Bonchev–Trinajstić information content (AvgIpc) is 3.47. The van der Waals surface area contributed by atoms with Gasteiger partial charge in [-0.05, 0) is 28.2 Å². The van der Waals surface area contributed by atoms with Crippen molar-refractivity contribution in [3.8, 4) is 11.1 Å². The lowest BCUT2D eigenvalue weighted by Crippen LogP contribution is -2.45. The quantitative estimate of drug-likeness (QED) is 0.425. The van der Waals surface area contributed by atoms with E-state index < -0.39 is 24.0 Å². The molecule has 182 valence electrons. The molecule has 3 aromatic rings. The lowest BCUT2D eigenvalue weighted by atomic mass is 9.98. The highest BCUT2D eigenvalue weighted by Gasteiger charge is 2.29. The van der Waals surface area contributed by atoms with Crippen LogP contribution in [0.5, 0.6) is 0 Å². The molecular weight excluding hydrogens is 450 g/mol. The number of aliphatic carboxylic acids is 1. The molecule has 1 aliphatic rings. The van der Waals surface area contributed by atoms with Crippen molar-refractivity contribution in [2.45, 2.75) is 38.8 Å². The monoisotopic (exact) mass is 477 g/mol. The van der Waals surface area contributed by atoms with Crippen LogP contribution < -0.4 is 10.6 Å². The number of nitrogens with zero attached hydrogens (tertiary/aromatic N) is 1. The van der Waals surface area contributed by atoms with E-state index in [4.69, 9.17) is 9.26 Å². The standard InChI is InChI=1S/C26H27N3O6/c1-3-15(2)23(25(31)32)28-24(30)22-12-16(35-29-22)13-27-26(33)34-14-21-19-10-6-4-8-17(19)18-9-5-7-11-20(18)21/h4-12,15,21,23H,3,13-14H2,1-2H3,(H,27,33)(H,28,30)(H,31,32)/t15-,23-/m0/s1. The van der Waals surface area contributed by atoms with Crippen LogP contribution in [-0.2, 0) is 16.1 Å². The van der Waals surface area contributed by atoms with Gasteiger partial charge in [-0.2, -0.15) is 0 Å². The molecule has 35 heavy (non-hydrogen) atoms. The SMILES string of the molecule is CC[C@H](C)[C@H](NC(=O)c1cc(CNC(=O)OCC2c3ccccc3-c3ccccc32)on1)C(=O)O. The smallest absolute Gasteiger partial charge is 0.407 e. The molecule has 0 unspecified atom stereocenters. The molecule has 2 aromatic carbocycles. The molecule has 0 aliphatic heterocycles. The number of fused-ring (bicyclic) bond motifs is 3. The number of hydrogen-bond donors (Lipinski definition) is 3. The highest BCUT2D eigenvalue weighted by molar-refractivity contribution is 5.95. The van der Waals surface area contributed by atoms with Gasteiger partial charge >= 0.3 is 12.1 Å². The zero-order chi connectivity index (χ0) is 24.9. The Labute approximate surface area is 202 Å². The molecule has 0 saturated carbocycles. The van der Waals surface area contributed by atoms with Crippen molar-refractivity contribution < 1.29 is 28.8 Å². The van der Waals surface area contributed by atoms with Gasteiger partial charge in [-0.25, -0.2) is 9.59 Å². The number of carboxylic acid groups (broad SMARTS) is 1. The molecule has 1 heterocycles. The number of carbonyl (C=O) groups excluding carboxylic acids is 2. The van der Waals surface area contributed by atoms with E-state index in [1.54, 1.807) is 6.92 Å². The third kappa shape index (κ3) is 5.18. The maximum absolute atomic E-state index is 12.4. The van der Waals surface area contributed by atoms with Gasteiger partial charge in [0.25, 0.3) is 5.91 Å². The van der Waals surface area contributed by atoms with Gasteiger partial charge in [0.15, 0.2) is 11.5 Å². The van der Waals surface area contributed by atoms with Gasteiger partial charge in [0.2, 0.25) is 0 Å². The van der Waals surface area contributed by atoms with Gasteiger partial charge in [-0.15, -0.1) is 0 Å². The summed E-state index contributed by atoms with van der Waals surface area (Å²) in [6.45, 7) is 3.72. The Hall–Kier alpha value is -4.14. The summed E-state index contributed by atoms with van der Waals surface area (Å²) in [6, 6.07) is 16.4. The number of hydrogen-bond acceptors (Lipinski definition) is 6. The van der Waals surface area contributed by atoms with Gasteiger partial charge in [0.05, 0.1) is 6.54 Å².